The van der Waals surface area contributed by atoms with Gasteiger partial charge in [-0.3, -0.25) is 4.79 Å². The van der Waals surface area contributed by atoms with Crippen LogP contribution in [0.15, 0.2) is 52.4 Å². The van der Waals surface area contributed by atoms with E-state index in [1.165, 1.54) is 42.7 Å². The third kappa shape index (κ3) is 4.57. The molecule has 1 amide bonds. The number of carbonyl (C=O) groups excluding carboxylic acids is 2. The fourth-order valence-electron chi connectivity index (χ4n) is 4.19. The predicted molar refractivity (Wildman–Crippen MR) is 130 cm³/mol. The number of nitrogens with zero attached hydrogens (tertiary/aromatic N) is 3. The lowest BCUT2D eigenvalue weighted by molar-refractivity contribution is 0.0600. The number of methoxy groups -OCH3 is 1. The molecule has 1 aliphatic heterocycles. The zero-order valence-corrected chi connectivity index (χ0v) is 21.0. The zero-order valence-electron chi connectivity index (χ0n) is 19.4. The minimum absolute atomic E-state index is 0.0350. The molecule has 0 spiro atoms. The molecule has 0 saturated carbocycles. The van der Waals surface area contributed by atoms with Gasteiger partial charge in [-0.25, -0.2) is 13.2 Å². The first-order chi connectivity index (χ1) is 16.3. The minimum atomic E-state index is -3.60. The Hall–Kier alpha value is -2.82. The molecule has 1 fully saturated rings. The summed E-state index contributed by atoms with van der Waals surface area (Å²) < 4.78 is 35.1. The van der Waals surface area contributed by atoms with Crippen LogP contribution in [0.5, 0.6) is 0 Å². The summed E-state index contributed by atoms with van der Waals surface area (Å²) in [6.45, 7) is 4.98. The van der Waals surface area contributed by atoms with Gasteiger partial charge in [-0.15, -0.1) is 0 Å². The number of fused-ring (bicyclic) bond motifs is 1. The van der Waals surface area contributed by atoms with E-state index < -0.39 is 21.9 Å². The van der Waals surface area contributed by atoms with E-state index in [-0.39, 0.29) is 10.9 Å². The van der Waals surface area contributed by atoms with Crippen LogP contribution in [0, 0.1) is 0 Å². The highest BCUT2D eigenvalue weighted by molar-refractivity contribution is 7.89. The number of piperidine rings is 1. The summed E-state index contributed by atoms with van der Waals surface area (Å²) in [6, 6.07) is 11.1. The van der Waals surface area contributed by atoms with Crippen LogP contribution in [0.3, 0.4) is 0 Å². The number of aryl methyl sites for hydroxylation is 1. The third-order valence-corrected chi connectivity index (χ3v) is 9.14. The molecule has 180 valence electrons. The van der Waals surface area contributed by atoms with Gasteiger partial charge in [0.25, 0.3) is 5.91 Å². The molecule has 4 rings (SSSR count). The maximum atomic E-state index is 13.0. The Bertz CT molecular complexity index is 1400. The van der Waals surface area contributed by atoms with E-state index in [0.717, 1.165) is 29.5 Å². The Balaban J connectivity index is 1.64. The topological polar surface area (TPSA) is 98.0 Å². The monoisotopic (exact) mass is 501 g/mol. The van der Waals surface area contributed by atoms with Crippen molar-refractivity contribution in [2.45, 2.75) is 50.6 Å². The molecule has 0 aliphatic carbocycles. The van der Waals surface area contributed by atoms with Gasteiger partial charge in [0.2, 0.25) is 10.0 Å². The summed E-state index contributed by atoms with van der Waals surface area (Å²) >= 11 is 1.31. The molecule has 34 heavy (non-hydrogen) atoms. The third-order valence-electron chi connectivity index (χ3n) is 6.07. The summed E-state index contributed by atoms with van der Waals surface area (Å²) in [7, 11) is -2.27. The standard InChI is InChI=1S/C24H27N3O5S2/c1-4-26-20-13-10-18(23(29)32-3)15-21(20)33-24(26)25-22(28)17-8-11-19(12-9-17)34(30,31)27-14-6-5-7-16(27)2/h8-13,15-16H,4-7,14H2,1-3H3. The summed E-state index contributed by atoms with van der Waals surface area (Å²) in [6.07, 6.45) is 2.73. The summed E-state index contributed by atoms with van der Waals surface area (Å²) in [5, 5.41) is 0. The SMILES string of the molecule is CCn1c(=NC(=O)c2ccc(S(=O)(=O)N3CCCCC3C)cc2)sc2cc(C(=O)OC)ccc21. The first kappa shape index (κ1) is 24.3. The van der Waals surface area contributed by atoms with Gasteiger partial charge in [0, 0.05) is 24.7 Å². The van der Waals surface area contributed by atoms with Crippen molar-refractivity contribution in [3.63, 3.8) is 0 Å². The fourth-order valence-corrected chi connectivity index (χ4v) is 7.03. The Morgan fingerprint density at radius 2 is 1.82 bits per heavy atom. The number of thiazole rings is 1. The highest BCUT2D eigenvalue weighted by Crippen LogP contribution is 2.25. The van der Waals surface area contributed by atoms with Crippen molar-refractivity contribution in [3.8, 4) is 0 Å². The molecule has 0 N–H and O–H groups in total. The Labute approximate surface area is 202 Å². The van der Waals surface area contributed by atoms with Gasteiger partial charge in [0.05, 0.1) is 27.8 Å². The lowest BCUT2D eigenvalue weighted by Crippen LogP contribution is -2.41. The molecule has 3 aromatic rings. The first-order valence-corrected chi connectivity index (χ1v) is 13.4. The van der Waals surface area contributed by atoms with Crippen LogP contribution in [-0.2, 0) is 21.3 Å². The van der Waals surface area contributed by atoms with Gasteiger partial charge < -0.3 is 9.30 Å². The molecule has 1 unspecified atom stereocenters. The number of aromatic nitrogens is 1. The second kappa shape index (κ2) is 9.81. The molecular weight excluding hydrogens is 474 g/mol. The second-order valence-electron chi connectivity index (χ2n) is 8.20. The molecule has 1 aliphatic rings. The van der Waals surface area contributed by atoms with E-state index in [4.69, 9.17) is 4.74 Å². The van der Waals surface area contributed by atoms with E-state index in [0.29, 0.717) is 29.0 Å². The largest absolute Gasteiger partial charge is 0.465 e. The van der Waals surface area contributed by atoms with Crippen LogP contribution in [0.25, 0.3) is 10.2 Å². The van der Waals surface area contributed by atoms with Crippen LogP contribution in [0.2, 0.25) is 0 Å². The minimum Gasteiger partial charge on any atom is -0.465 e. The Kier molecular flexibility index (Phi) is 7.01. The van der Waals surface area contributed by atoms with Gasteiger partial charge in [-0.1, -0.05) is 17.8 Å². The normalized spacial score (nSPS) is 17.7. The van der Waals surface area contributed by atoms with Gasteiger partial charge in [-0.05, 0) is 69.2 Å². The second-order valence-corrected chi connectivity index (χ2v) is 11.1. The number of ether oxygens (including phenoxy) is 1. The van der Waals surface area contributed by atoms with Gasteiger partial charge in [0.1, 0.15) is 0 Å². The summed E-state index contributed by atoms with van der Waals surface area (Å²) in [5.74, 6) is -0.890. The maximum absolute atomic E-state index is 13.0. The average Bonchev–Trinajstić information content (AvgIpc) is 3.19. The van der Waals surface area contributed by atoms with Crippen LogP contribution in [-0.4, -0.2) is 48.9 Å². The smallest absolute Gasteiger partial charge is 0.337 e. The van der Waals surface area contributed by atoms with Crippen LogP contribution >= 0.6 is 11.3 Å². The van der Waals surface area contributed by atoms with E-state index >= 15 is 0 Å². The Morgan fingerprint density at radius 3 is 2.47 bits per heavy atom. The zero-order chi connectivity index (χ0) is 24.5. The van der Waals surface area contributed by atoms with E-state index in [2.05, 4.69) is 4.99 Å². The van der Waals surface area contributed by atoms with Gasteiger partial charge >= 0.3 is 5.97 Å². The van der Waals surface area contributed by atoms with Crippen molar-refractivity contribution in [2.24, 2.45) is 4.99 Å². The lowest BCUT2D eigenvalue weighted by Gasteiger charge is -2.32. The quantitative estimate of drug-likeness (QED) is 0.495. The number of benzene rings is 2. The number of hydrogen-bond donors (Lipinski definition) is 0. The molecule has 1 saturated heterocycles. The molecule has 10 heteroatoms. The molecule has 2 heterocycles. The highest BCUT2D eigenvalue weighted by atomic mass is 32.2. The van der Waals surface area contributed by atoms with Crippen molar-refractivity contribution in [1.29, 1.82) is 0 Å². The lowest BCUT2D eigenvalue weighted by atomic mass is 10.1. The molecule has 1 atom stereocenters. The Morgan fingerprint density at radius 1 is 1.12 bits per heavy atom. The summed E-state index contributed by atoms with van der Waals surface area (Å²) in [5.41, 5.74) is 1.60. The van der Waals surface area contributed by atoms with Crippen molar-refractivity contribution in [2.75, 3.05) is 13.7 Å². The molecule has 0 bridgehead atoms. The van der Waals surface area contributed by atoms with Gasteiger partial charge in [-0.2, -0.15) is 9.30 Å². The number of esters is 1. The van der Waals surface area contributed by atoms with Crippen LogP contribution in [0.1, 0.15) is 53.8 Å². The predicted octanol–water partition coefficient (Wildman–Crippen LogP) is 3.81. The number of amides is 1. The number of rotatable bonds is 5. The van der Waals surface area contributed by atoms with Crippen molar-refractivity contribution >= 4 is 43.5 Å². The molecule has 2 aromatic carbocycles. The molecule has 1 aromatic heterocycles. The van der Waals surface area contributed by atoms with E-state index in [1.54, 1.807) is 16.4 Å². The maximum Gasteiger partial charge on any atom is 0.337 e. The van der Waals surface area contributed by atoms with Gasteiger partial charge in [0.15, 0.2) is 4.80 Å². The number of sulfonamides is 1. The molecule has 8 nitrogen and oxygen atoms in total. The number of carbonyl (C=O) groups is 2. The first-order valence-electron chi connectivity index (χ1n) is 11.2. The fraction of sp³-hybridized carbons (Fsp3) is 0.375. The van der Waals surface area contributed by atoms with Crippen LogP contribution < -0.4 is 4.80 Å². The van der Waals surface area contributed by atoms with Crippen LogP contribution in [0.4, 0.5) is 0 Å². The van der Waals surface area contributed by atoms with Crippen molar-refractivity contribution in [1.82, 2.24) is 8.87 Å². The number of hydrogen-bond acceptors (Lipinski definition) is 6. The molecular formula is C24H27N3O5S2. The average molecular weight is 502 g/mol. The van der Waals surface area contributed by atoms with Crippen molar-refractivity contribution < 1.29 is 22.7 Å². The van der Waals surface area contributed by atoms with E-state index in [1.807, 2.05) is 24.5 Å². The van der Waals surface area contributed by atoms with Crippen molar-refractivity contribution in [3.05, 3.63) is 58.4 Å². The molecule has 0 radical (unpaired) electrons. The highest BCUT2D eigenvalue weighted by Gasteiger charge is 2.30. The van der Waals surface area contributed by atoms with E-state index in [9.17, 15) is 18.0 Å². The summed E-state index contributed by atoms with van der Waals surface area (Å²) in [4.78, 5) is 29.7.